The molecule has 0 unspecified atom stereocenters. The van der Waals surface area contributed by atoms with Gasteiger partial charge >= 0.3 is 0 Å². The second kappa shape index (κ2) is 5.76. The van der Waals surface area contributed by atoms with Crippen LogP contribution in [-0.2, 0) is 0 Å². The van der Waals surface area contributed by atoms with Gasteiger partial charge in [0.15, 0.2) is 11.5 Å². The van der Waals surface area contributed by atoms with E-state index in [4.69, 9.17) is 9.47 Å². The Morgan fingerprint density at radius 2 is 1.90 bits per heavy atom. The molecule has 0 bridgehead atoms. The molecule has 3 rings (SSSR count). The van der Waals surface area contributed by atoms with Crippen LogP contribution in [0.4, 0.5) is 5.82 Å². The predicted octanol–water partition coefficient (Wildman–Crippen LogP) is 3.23. The summed E-state index contributed by atoms with van der Waals surface area (Å²) in [6.45, 7) is 8.16. The summed E-state index contributed by atoms with van der Waals surface area (Å²) < 4.78 is 11.6. The van der Waals surface area contributed by atoms with Gasteiger partial charge in [-0.2, -0.15) is 0 Å². The van der Waals surface area contributed by atoms with E-state index in [1.54, 1.807) is 0 Å². The summed E-state index contributed by atoms with van der Waals surface area (Å²) in [5.41, 5.74) is 1.96. The second-order valence-electron chi connectivity index (χ2n) is 5.34. The fourth-order valence-electron chi connectivity index (χ4n) is 2.60. The normalized spacial score (nSPS) is 13.5. The Balaban J connectivity index is 2.16. The Morgan fingerprint density at radius 1 is 1.14 bits per heavy atom. The standard InChI is InChI=1S/C16H21N3O2/c1-4-5-6-17-16-13-12(18-11(3)19-16)9-10(2)14-15(13)21-8-7-20-14/h9H,4-8H2,1-3H3,(H,17,18,19). The van der Waals surface area contributed by atoms with Crippen molar-refractivity contribution >= 4 is 16.7 Å². The fourth-order valence-corrected chi connectivity index (χ4v) is 2.60. The molecule has 0 atom stereocenters. The molecule has 2 aromatic rings. The first-order chi connectivity index (χ1) is 10.2. The van der Waals surface area contributed by atoms with E-state index in [-0.39, 0.29) is 0 Å². The van der Waals surface area contributed by atoms with E-state index in [2.05, 4.69) is 22.2 Å². The molecule has 1 N–H and O–H groups in total. The van der Waals surface area contributed by atoms with Crippen LogP contribution in [0, 0.1) is 13.8 Å². The number of aromatic nitrogens is 2. The van der Waals surface area contributed by atoms with Gasteiger partial charge in [0.2, 0.25) is 0 Å². The van der Waals surface area contributed by atoms with Crippen LogP contribution in [0.1, 0.15) is 31.2 Å². The molecule has 5 nitrogen and oxygen atoms in total. The van der Waals surface area contributed by atoms with Crippen molar-refractivity contribution in [2.75, 3.05) is 25.1 Å². The van der Waals surface area contributed by atoms with E-state index < -0.39 is 0 Å². The third-order valence-electron chi connectivity index (χ3n) is 3.59. The zero-order valence-corrected chi connectivity index (χ0v) is 12.8. The van der Waals surface area contributed by atoms with Crippen LogP contribution in [0.2, 0.25) is 0 Å². The van der Waals surface area contributed by atoms with Crippen molar-refractivity contribution in [1.82, 2.24) is 9.97 Å². The molecule has 0 aliphatic carbocycles. The Morgan fingerprint density at radius 3 is 2.67 bits per heavy atom. The maximum absolute atomic E-state index is 5.86. The number of aryl methyl sites for hydroxylation is 2. The molecule has 1 aromatic heterocycles. The lowest BCUT2D eigenvalue weighted by Gasteiger charge is -2.23. The zero-order valence-electron chi connectivity index (χ0n) is 12.8. The molecule has 1 aliphatic heterocycles. The third-order valence-corrected chi connectivity index (χ3v) is 3.59. The lowest BCUT2D eigenvalue weighted by Crippen LogP contribution is -2.17. The first-order valence-corrected chi connectivity index (χ1v) is 7.52. The van der Waals surface area contributed by atoms with Gasteiger partial charge in [-0.15, -0.1) is 0 Å². The van der Waals surface area contributed by atoms with E-state index in [0.717, 1.165) is 59.0 Å². The van der Waals surface area contributed by atoms with Crippen LogP contribution in [-0.4, -0.2) is 29.7 Å². The molecule has 0 saturated heterocycles. The molecule has 1 aliphatic rings. The maximum Gasteiger partial charge on any atom is 0.174 e. The fraction of sp³-hybridized carbons (Fsp3) is 0.500. The lowest BCUT2D eigenvalue weighted by atomic mass is 10.1. The van der Waals surface area contributed by atoms with Crippen LogP contribution in [0.25, 0.3) is 10.9 Å². The number of nitrogens with one attached hydrogen (secondary N) is 1. The Hall–Kier alpha value is -2.04. The number of anilines is 1. The van der Waals surface area contributed by atoms with Crippen molar-refractivity contribution in [3.05, 3.63) is 17.5 Å². The van der Waals surface area contributed by atoms with Crippen LogP contribution in [0.3, 0.4) is 0 Å². The van der Waals surface area contributed by atoms with Crippen molar-refractivity contribution in [1.29, 1.82) is 0 Å². The molecule has 112 valence electrons. The van der Waals surface area contributed by atoms with Gasteiger partial charge in [0.05, 0.1) is 10.9 Å². The van der Waals surface area contributed by atoms with E-state index in [0.29, 0.717) is 13.2 Å². The summed E-state index contributed by atoms with van der Waals surface area (Å²) in [6.07, 6.45) is 2.25. The maximum atomic E-state index is 5.86. The van der Waals surface area contributed by atoms with Gasteiger partial charge in [-0.3, -0.25) is 0 Å². The van der Waals surface area contributed by atoms with Crippen LogP contribution in [0.5, 0.6) is 11.5 Å². The van der Waals surface area contributed by atoms with Gasteiger partial charge in [-0.1, -0.05) is 13.3 Å². The summed E-state index contributed by atoms with van der Waals surface area (Å²) in [5, 5.41) is 4.34. The smallest absolute Gasteiger partial charge is 0.174 e. The minimum absolute atomic E-state index is 0.563. The average Bonchev–Trinajstić information content (AvgIpc) is 2.47. The highest BCUT2D eigenvalue weighted by molar-refractivity contribution is 5.97. The highest BCUT2D eigenvalue weighted by atomic mass is 16.6. The molecule has 1 aromatic carbocycles. The number of benzene rings is 1. The molecule has 5 heteroatoms. The number of hydrogen-bond acceptors (Lipinski definition) is 5. The number of fused-ring (bicyclic) bond motifs is 3. The van der Waals surface area contributed by atoms with E-state index in [9.17, 15) is 0 Å². The predicted molar refractivity (Wildman–Crippen MR) is 83.4 cm³/mol. The minimum atomic E-state index is 0.563. The topological polar surface area (TPSA) is 56.3 Å². The van der Waals surface area contributed by atoms with Crippen molar-refractivity contribution in [2.45, 2.75) is 33.6 Å². The largest absolute Gasteiger partial charge is 0.486 e. The number of ether oxygens (including phenoxy) is 2. The van der Waals surface area contributed by atoms with Gasteiger partial charge in [0.1, 0.15) is 24.9 Å². The molecule has 2 heterocycles. The Labute approximate surface area is 124 Å². The summed E-state index contributed by atoms with van der Waals surface area (Å²) in [4.78, 5) is 9.10. The van der Waals surface area contributed by atoms with Crippen molar-refractivity contribution in [2.24, 2.45) is 0 Å². The summed E-state index contributed by atoms with van der Waals surface area (Å²) in [6, 6.07) is 2.04. The Bertz CT molecular complexity index is 670. The number of nitrogens with zero attached hydrogens (tertiary/aromatic N) is 2. The molecule has 0 spiro atoms. The molecular formula is C16H21N3O2. The van der Waals surface area contributed by atoms with Crippen LogP contribution >= 0.6 is 0 Å². The van der Waals surface area contributed by atoms with E-state index in [1.165, 1.54) is 0 Å². The molecule has 0 amide bonds. The van der Waals surface area contributed by atoms with Gasteiger partial charge in [-0.05, 0) is 31.9 Å². The first kappa shape index (κ1) is 13.9. The minimum Gasteiger partial charge on any atom is -0.486 e. The molecular weight excluding hydrogens is 266 g/mol. The quantitative estimate of drug-likeness (QED) is 0.875. The van der Waals surface area contributed by atoms with Crippen molar-refractivity contribution in [3.8, 4) is 11.5 Å². The SMILES string of the molecule is CCCCNc1nc(C)nc2cc(C)c3c(c12)OCCO3. The highest BCUT2D eigenvalue weighted by Crippen LogP contribution is 2.42. The highest BCUT2D eigenvalue weighted by Gasteiger charge is 2.22. The average molecular weight is 287 g/mol. The Kier molecular flexibility index (Phi) is 3.82. The van der Waals surface area contributed by atoms with Gasteiger partial charge < -0.3 is 14.8 Å². The van der Waals surface area contributed by atoms with Crippen LogP contribution in [0.15, 0.2) is 6.07 Å². The summed E-state index contributed by atoms with van der Waals surface area (Å²) in [7, 11) is 0. The second-order valence-corrected chi connectivity index (χ2v) is 5.34. The first-order valence-electron chi connectivity index (χ1n) is 7.52. The molecule has 0 saturated carbocycles. The van der Waals surface area contributed by atoms with Gasteiger partial charge in [-0.25, -0.2) is 9.97 Å². The third kappa shape index (κ3) is 2.60. The van der Waals surface area contributed by atoms with E-state index >= 15 is 0 Å². The van der Waals surface area contributed by atoms with Crippen molar-refractivity contribution in [3.63, 3.8) is 0 Å². The lowest BCUT2D eigenvalue weighted by molar-refractivity contribution is 0.173. The van der Waals surface area contributed by atoms with Crippen molar-refractivity contribution < 1.29 is 9.47 Å². The number of hydrogen-bond donors (Lipinski definition) is 1. The molecule has 0 fully saturated rings. The van der Waals surface area contributed by atoms with Gasteiger partial charge in [0.25, 0.3) is 0 Å². The number of rotatable bonds is 4. The monoisotopic (exact) mass is 287 g/mol. The zero-order chi connectivity index (χ0) is 14.8. The molecule has 0 radical (unpaired) electrons. The van der Waals surface area contributed by atoms with Crippen LogP contribution < -0.4 is 14.8 Å². The summed E-state index contributed by atoms with van der Waals surface area (Å²) in [5.74, 6) is 3.19. The summed E-state index contributed by atoms with van der Waals surface area (Å²) >= 11 is 0. The molecule has 21 heavy (non-hydrogen) atoms. The van der Waals surface area contributed by atoms with E-state index in [1.807, 2.05) is 19.9 Å². The number of unbranched alkanes of at least 4 members (excludes halogenated alkanes) is 1. The van der Waals surface area contributed by atoms with Gasteiger partial charge in [0, 0.05) is 6.54 Å².